The SMILES string of the molecule is CCCC(C)NC(=O)COc1ccc(C#N)cc1. The topological polar surface area (TPSA) is 62.1 Å². The van der Waals surface area contributed by atoms with E-state index in [4.69, 9.17) is 10.00 Å². The summed E-state index contributed by atoms with van der Waals surface area (Å²) in [6, 6.07) is 8.88. The Kier molecular flexibility index (Phi) is 5.72. The highest BCUT2D eigenvalue weighted by Crippen LogP contribution is 2.11. The van der Waals surface area contributed by atoms with Gasteiger partial charge in [-0.3, -0.25) is 4.79 Å². The van der Waals surface area contributed by atoms with Crippen LogP contribution >= 0.6 is 0 Å². The average molecular weight is 246 g/mol. The van der Waals surface area contributed by atoms with Gasteiger partial charge in [-0.2, -0.15) is 5.26 Å². The van der Waals surface area contributed by atoms with E-state index in [0.717, 1.165) is 12.8 Å². The van der Waals surface area contributed by atoms with Gasteiger partial charge >= 0.3 is 0 Å². The van der Waals surface area contributed by atoms with Gasteiger partial charge in [0.15, 0.2) is 6.61 Å². The third-order valence-corrected chi connectivity index (χ3v) is 2.48. The highest BCUT2D eigenvalue weighted by Gasteiger charge is 2.07. The fourth-order valence-electron chi connectivity index (χ4n) is 1.60. The zero-order valence-corrected chi connectivity index (χ0v) is 10.8. The van der Waals surface area contributed by atoms with Crippen LogP contribution in [0.5, 0.6) is 5.75 Å². The zero-order chi connectivity index (χ0) is 13.4. The van der Waals surface area contributed by atoms with Crippen LogP contribution in [0.25, 0.3) is 0 Å². The molecule has 1 rings (SSSR count). The first-order valence-electron chi connectivity index (χ1n) is 6.08. The molecule has 1 unspecified atom stereocenters. The second-order valence-electron chi connectivity index (χ2n) is 4.18. The maximum absolute atomic E-state index is 11.5. The number of nitriles is 1. The summed E-state index contributed by atoms with van der Waals surface area (Å²) >= 11 is 0. The Morgan fingerprint density at radius 1 is 1.44 bits per heavy atom. The summed E-state index contributed by atoms with van der Waals surface area (Å²) in [5, 5.41) is 11.5. The largest absolute Gasteiger partial charge is 0.484 e. The lowest BCUT2D eigenvalue weighted by Crippen LogP contribution is -2.35. The quantitative estimate of drug-likeness (QED) is 0.837. The first kappa shape index (κ1) is 14.0. The van der Waals surface area contributed by atoms with E-state index < -0.39 is 0 Å². The summed E-state index contributed by atoms with van der Waals surface area (Å²) in [5.74, 6) is 0.465. The molecule has 1 atom stereocenters. The number of hydrogen-bond donors (Lipinski definition) is 1. The minimum absolute atomic E-state index is 0.0000451. The normalized spacial score (nSPS) is 11.4. The van der Waals surface area contributed by atoms with E-state index in [9.17, 15) is 4.79 Å². The van der Waals surface area contributed by atoms with Gasteiger partial charge < -0.3 is 10.1 Å². The molecule has 0 saturated carbocycles. The van der Waals surface area contributed by atoms with Crippen molar-refractivity contribution < 1.29 is 9.53 Å². The number of nitrogens with zero attached hydrogens (tertiary/aromatic N) is 1. The lowest BCUT2D eigenvalue weighted by molar-refractivity contribution is -0.123. The summed E-state index contributed by atoms with van der Waals surface area (Å²) < 4.78 is 5.32. The van der Waals surface area contributed by atoms with Crippen molar-refractivity contribution in [3.8, 4) is 11.8 Å². The van der Waals surface area contributed by atoms with Crippen molar-refractivity contribution in [2.24, 2.45) is 0 Å². The fraction of sp³-hybridized carbons (Fsp3) is 0.429. The van der Waals surface area contributed by atoms with Crippen molar-refractivity contribution in [3.63, 3.8) is 0 Å². The summed E-state index contributed by atoms with van der Waals surface area (Å²) in [4.78, 5) is 11.5. The van der Waals surface area contributed by atoms with E-state index in [-0.39, 0.29) is 18.6 Å². The highest BCUT2D eigenvalue weighted by atomic mass is 16.5. The van der Waals surface area contributed by atoms with Crippen molar-refractivity contribution in [2.75, 3.05) is 6.61 Å². The van der Waals surface area contributed by atoms with Crippen LogP contribution in [-0.4, -0.2) is 18.6 Å². The Bertz CT molecular complexity index is 420. The first-order valence-corrected chi connectivity index (χ1v) is 6.08. The molecule has 0 aliphatic carbocycles. The van der Waals surface area contributed by atoms with Gasteiger partial charge in [0.1, 0.15) is 5.75 Å². The summed E-state index contributed by atoms with van der Waals surface area (Å²) in [6.45, 7) is 4.05. The van der Waals surface area contributed by atoms with Gasteiger partial charge in [-0.1, -0.05) is 13.3 Å². The third-order valence-electron chi connectivity index (χ3n) is 2.48. The average Bonchev–Trinajstić information content (AvgIpc) is 2.37. The first-order chi connectivity index (χ1) is 8.65. The van der Waals surface area contributed by atoms with Crippen LogP contribution in [0.4, 0.5) is 0 Å². The smallest absolute Gasteiger partial charge is 0.258 e. The molecular weight excluding hydrogens is 228 g/mol. The van der Waals surface area contributed by atoms with Crippen molar-refractivity contribution in [1.82, 2.24) is 5.32 Å². The molecule has 0 saturated heterocycles. The number of nitrogens with one attached hydrogen (secondary N) is 1. The maximum atomic E-state index is 11.5. The van der Waals surface area contributed by atoms with Crippen LogP contribution in [0.15, 0.2) is 24.3 Å². The standard InChI is InChI=1S/C14H18N2O2/c1-3-4-11(2)16-14(17)10-18-13-7-5-12(9-15)6-8-13/h5-8,11H,3-4,10H2,1-2H3,(H,16,17). The van der Waals surface area contributed by atoms with Gasteiger partial charge in [-0.15, -0.1) is 0 Å². The number of carbonyl (C=O) groups excluding carboxylic acids is 1. The van der Waals surface area contributed by atoms with E-state index in [1.54, 1.807) is 24.3 Å². The van der Waals surface area contributed by atoms with Crippen LogP contribution in [-0.2, 0) is 4.79 Å². The Morgan fingerprint density at radius 2 is 2.11 bits per heavy atom. The molecule has 1 aromatic carbocycles. The molecule has 0 bridgehead atoms. The Morgan fingerprint density at radius 3 is 2.67 bits per heavy atom. The molecule has 0 fully saturated rings. The van der Waals surface area contributed by atoms with Crippen LogP contribution in [0.1, 0.15) is 32.3 Å². The summed E-state index contributed by atoms with van der Waals surface area (Å²) in [6.07, 6.45) is 2.00. The molecule has 96 valence electrons. The molecule has 1 N–H and O–H groups in total. The van der Waals surface area contributed by atoms with Gasteiger partial charge in [-0.25, -0.2) is 0 Å². The van der Waals surface area contributed by atoms with Crippen molar-refractivity contribution in [3.05, 3.63) is 29.8 Å². The monoisotopic (exact) mass is 246 g/mol. The maximum Gasteiger partial charge on any atom is 0.258 e. The molecule has 0 radical (unpaired) electrons. The van der Waals surface area contributed by atoms with E-state index in [0.29, 0.717) is 11.3 Å². The van der Waals surface area contributed by atoms with E-state index in [1.165, 1.54) is 0 Å². The van der Waals surface area contributed by atoms with Gasteiger partial charge in [0.2, 0.25) is 0 Å². The molecule has 1 aromatic rings. The Hall–Kier alpha value is -2.02. The van der Waals surface area contributed by atoms with Gasteiger partial charge in [0.25, 0.3) is 5.91 Å². The van der Waals surface area contributed by atoms with E-state index in [2.05, 4.69) is 12.2 Å². The van der Waals surface area contributed by atoms with Gasteiger partial charge in [0, 0.05) is 6.04 Å². The minimum Gasteiger partial charge on any atom is -0.484 e. The Balaban J connectivity index is 2.35. The number of ether oxygens (including phenoxy) is 1. The van der Waals surface area contributed by atoms with Crippen LogP contribution in [0, 0.1) is 11.3 Å². The molecule has 0 aliphatic rings. The van der Waals surface area contributed by atoms with Gasteiger partial charge in [0.05, 0.1) is 11.6 Å². The number of rotatable bonds is 6. The number of hydrogen-bond acceptors (Lipinski definition) is 3. The summed E-state index contributed by atoms with van der Waals surface area (Å²) in [5.41, 5.74) is 0.573. The molecule has 0 spiro atoms. The van der Waals surface area contributed by atoms with E-state index >= 15 is 0 Å². The van der Waals surface area contributed by atoms with Crippen LogP contribution < -0.4 is 10.1 Å². The molecule has 0 aromatic heterocycles. The third kappa shape index (κ3) is 4.88. The predicted molar refractivity (Wildman–Crippen MR) is 69.2 cm³/mol. The minimum atomic E-state index is -0.125. The van der Waals surface area contributed by atoms with Crippen molar-refractivity contribution in [1.29, 1.82) is 5.26 Å². The molecule has 0 heterocycles. The summed E-state index contributed by atoms with van der Waals surface area (Å²) in [7, 11) is 0. The molecule has 1 amide bonds. The number of carbonyl (C=O) groups is 1. The second-order valence-corrected chi connectivity index (χ2v) is 4.18. The lowest BCUT2D eigenvalue weighted by Gasteiger charge is -2.13. The van der Waals surface area contributed by atoms with Crippen molar-refractivity contribution in [2.45, 2.75) is 32.7 Å². The van der Waals surface area contributed by atoms with E-state index in [1.807, 2.05) is 13.0 Å². The second kappa shape index (κ2) is 7.33. The predicted octanol–water partition coefficient (Wildman–Crippen LogP) is 2.24. The fourth-order valence-corrected chi connectivity index (χ4v) is 1.60. The van der Waals surface area contributed by atoms with Crippen molar-refractivity contribution >= 4 is 5.91 Å². The van der Waals surface area contributed by atoms with Gasteiger partial charge in [-0.05, 0) is 37.6 Å². The Labute approximate surface area is 108 Å². The molecular formula is C14H18N2O2. The molecule has 4 heteroatoms. The van der Waals surface area contributed by atoms with Crippen LogP contribution in [0.3, 0.4) is 0 Å². The molecule has 18 heavy (non-hydrogen) atoms. The molecule has 0 aliphatic heterocycles. The highest BCUT2D eigenvalue weighted by molar-refractivity contribution is 5.77. The zero-order valence-electron chi connectivity index (χ0n) is 10.8. The number of amides is 1. The molecule has 4 nitrogen and oxygen atoms in total. The number of benzene rings is 1. The van der Waals surface area contributed by atoms with Crippen LogP contribution in [0.2, 0.25) is 0 Å². The lowest BCUT2D eigenvalue weighted by atomic mass is 10.2.